The molecule has 1 atom stereocenters. The summed E-state index contributed by atoms with van der Waals surface area (Å²) in [5, 5.41) is 2.61. The molecular formula is C21H25N3O7S. The molecule has 0 bridgehead atoms. The fourth-order valence-corrected chi connectivity index (χ4v) is 4.37. The highest BCUT2D eigenvalue weighted by atomic mass is 32.2. The van der Waals surface area contributed by atoms with E-state index in [9.17, 15) is 18.0 Å². The van der Waals surface area contributed by atoms with Crippen LogP contribution in [0.2, 0.25) is 0 Å². The smallest absolute Gasteiger partial charge is 0.344 e. The van der Waals surface area contributed by atoms with E-state index in [4.69, 9.17) is 14.2 Å². The van der Waals surface area contributed by atoms with Gasteiger partial charge in [-0.25, -0.2) is 18.2 Å². The summed E-state index contributed by atoms with van der Waals surface area (Å²) in [5.74, 6) is -1.18. The van der Waals surface area contributed by atoms with Crippen LogP contribution in [0.15, 0.2) is 47.5 Å². The Balaban J connectivity index is 1.61. The van der Waals surface area contributed by atoms with E-state index in [-0.39, 0.29) is 16.3 Å². The molecule has 1 aromatic heterocycles. The van der Waals surface area contributed by atoms with Crippen LogP contribution in [0.1, 0.15) is 24.2 Å². The topological polar surface area (TPSA) is 124 Å². The molecule has 0 aliphatic carbocycles. The average Bonchev–Trinajstić information content (AvgIpc) is 2.80. The molecule has 10 nitrogen and oxygen atoms in total. The summed E-state index contributed by atoms with van der Waals surface area (Å²) >= 11 is 0. The van der Waals surface area contributed by atoms with E-state index in [2.05, 4.69) is 10.3 Å². The molecule has 0 unspecified atom stereocenters. The molecular weight excluding hydrogens is 438 g/mol. The highest BCUT2D eigenvalue weighted by molar-refractivity contribution is 7.89. The van der Waals surface area contributed by atoms with Gasteiger partial charge < -0.3 is 19.5 Å². The number of amides is 1. The summed E-state index contributed by atoms with van der Waals surface area (Å²) in [6, 6.07) is 8.86. The minimum Gasteiger partial charge on any atom is -0.477 e. The van der Waals surface area contributed by atoms with Crippen molar-refractivity contribution in [1.29, 1.82) is 0 Å². The average molecular weight is 464 g/mol. The second-order valence-corrected chi connectivity index (χ2v) is 8.80. The highest BCUT2D eigenvalue weighted by Gasteiger charge is 2.26. The molecule has 1 amide bonds. The van der Waals surface area contributed by atoms with Crippen LogP contribution < -0.4 is 10.1 Å². The van der Waals surface area contributed by atoms with Gasteiger partial charge in [-0.3, -0.25) is 4.79 Å². The summed E-state index contributed by atoms with van der Waals surface area (Å²) in [4.78, 5) is 29.0. The molecule has 1 aliphatic rings. The van der Waals surface area contributed by atoms with Crippen molar-refractivity contribution in [3.05, 3.63) is 48.2 Å². The number of hydrogen-bond acceptors (Lipinski definition) is 8. The van der Waals surface area contributed by atoms with Gasteiger partial charge in [0.2, 0.25) is 15.9 Å². The first-order chi connectivity index (χ1) is 15.3. The Morgan fingerprint density at radius 3 is 2.53 bits per heavy atom. The van der Waals surface area contributed by atoms with Gasteiger partial charge in [0, 0.05) is 25.0 Å². The zero-order chi connectivity index (χ0) is 23.1. The molecule has 0 saturated carbocycles. The van der Waals surface area contributed by atoms with Crippen molar-refractivity contribution in [1.82, 2.24) is 9.29 Å². The lowest BCUT2D eigenvalue weighted by atomic mass is 10.2. The van der Waals surface area contributed by atoms with Crippen molar-refractivity contribution in [2.45, 2.75) is 24.8 Å². The third-order valence-electron chi connectivity index (χ3n) is 4.65. The van der Waals surface area contributed by atoms with E-state index < -0.39 is 28.0 Å². The zero-order valence-corrected chi connectivity index (χ0v) is 18.6. The molecule has 2 aromatic rings. The highest BCUT2D eigenvalue weighted by Crippen LogP contribution is 2.20. The van der Waals surface area contributed by atoms with Gasteiger partial charge in [-0.1, -0.05) is 0 Å². The van der Waals surface area contributed by atoms with Gasteiger partial charge in [0.15, 0.2) is 6.10 Å². The van der Waals surface area contributed by atoms with Crippen molar-refractivity contribution >= 4 is 27.6 Å². The van der Waals surface area contributed by atoms with Crippen LogP contribution in [0.4, 0.5) is 5.69 Å². The molecule has 1 saturated heterocycles. The van der Waals surface area contributed by atoms with Crippen molar-refractivity contribution in [3.63, 3.8) is 0 Å². The maximum Gasteiger partial charge on any atom is 0.344 e. The predicted molar refractivity (Wildman–Crippen MR) is 115 cm³/mol. The van der Waals surface area contributed by atoms with E-state index >= 15 is 0 Å². The fraction of sp³-hybridized carbons (Fsp3) is 0.381. The molecule has 0 spiro atoms. The third kappa shape index (κ3) is 5.61. The lowest BCUT2D eigenvalue weighted by molar-refractivity contribution is -0.123. The van der Waals surface area contributed by atoms with Crippen molar-refractivity contribution in [3.8, 4) is 5.88 Å². The molecule has 172 valence electrons. The molecule has 2 heterocycles. The number of carbonyl (C=O) groups excluding carboxylic acids is 2. The number of hydrogen-bond donors (Lipinski definition) is 1. The quantitative estimate of drug-likeness (QED) is 0.587. The normalized spacial score (nSPS) is 15.6. The number of rotatable bonds is 8. The Labute approximate surface area is 186 Å². The minimum absolute atomic E-state index is 0.117. The van der Waals surface area contributed by atoms with Gasteiger partial charge in [0.05, 0.1) is 24.7 Å². The number of nitrogens with one attached hydrogen (secondary N) is 1. The number of pyridine rings is 1. The number of benzene rings is 1. The van der Waals surface area contributed by atoms with Gasteiger partial charge in [0.1, 0.15) is 5.56 Å². The van der Waals surface area contributed by atoms with Crippen LogP contribution >= 0.6 is 0 Å². The van der Waals surface area contributed by atoms with Crippen LogP contribution in [0, 0.1) is 0 Å². The number of ether oxygens (including phenoxy) is 3. The van der Waals surface area contributed by atoms with Crippen molar-refractivity contribution < 1.29 is 32.2 Å². The lowest BCUT2D eigenvalue weighted by Gasteiger charge is -2.26. The van der Waals surface area contributed by atoms with Gasteiger partial charge in [-0.05, 0) is 50.2 Å². The second kappa shape index (κ2) is 10.5. The van der Waals surface area contributed by atoms with Gasteiger partial charge in [0.25, 0.3) is 5.91 Å². The number of sulfonamides is 1. The van der Waals surface area contributed by atoms with Gasteiger partial charge >= 0.3 is 5.97 Å². The summed E-state index contributed by atoms with van der Waals surface area (Å²) in [7, 11) is -3.63. The Bertz CT molecular complexity index is 1050. The van der Waals surface area contributed by atoms with Gasteiger partial charge in [-0.15, -0.1) is 0 Å². The maximum absolute atomic E-state index is 12.7. The predicted octanol–water partition coefficient (Wildman–Crippen LogP) is 1.69. The summed E-state index contributed by atoms with van der Waals surface area (Å²) in [5.41, 5.74) is 0.488. The Hall–Kier alpha value is -3.02. The van der Waals surface area contributed by atoms with E-state index in [1.165, 1.54) is 47.8 Å². The Kier molecular flexibility index (Phi) is 7.78. The van der Waals surface area contributed by atoms with Crippen LogP contribution in [0.3, 0.4) is 0 Å². The van der Waals surface area contributed by atoms with E-state index in [0.29, 0.717) is 38.6 Å². The van der Waals surface area contributed by atoms with Crippen molar-refractivity contribution in [2.24, 2.45) is 0 Å². The molecule has 3 rings (SSSR count). The number of morpholine rings is 1. The number of nitrogens with zero attached hydrogens (tertiary/aromatic N) is 2. The Morgan fingerprint density at radius 2 is 1.88 bits per heavy atom. The molecule has 1 N–H and O–H groups in total. The van der Waals surface area contributed by atoms with E-state index in [0.717, 1.165) is 0 Å². The summed E-state index contributed by atoms with van der Waals surface area (Å²) < 4.78 is 42.4. The number of aromatic nitrogens is 1. The monoisotopic (exact) mass is 463 g/mol. The third-order valence-corrected chi connectivity index (χ3v) is 6.57. The first-order valence-electron chi connectivity index (χ1n) is 10.1. The van der Waals surface area contributed by atoms with Crippen LogP contribution in [0.5, 0.6) is 5.88 Å². The molecule has 1 aromatic carbocycles. The standard InChI is InChI=1S/C21H25N3O7S/c1-3-30-20-18(5-4-10-22-20)21(26)31-15(2)19(25)23-16-6-8-17(9-7-16)32(27,28)24-11-13-29-14-12-24/h4-10,15H,3,11-14H2,1-2H3,(H,23,25)/t15-/m1/s1. The number of esters is 1. The SMILES string of the molecule is CCOc1ncccc1C(=O)O[C@H](C)C(=O)Nc1ccc(S(=O)(=O)N2CCOCC2)cc1. The minimum atomic E-state index is -3.63. The largest absolute Gasteiger partial charge is 0.477 e. The first kappa shape index (κ1) is 23.6. The molecule has 1 fully saturated rings. The van der Waals surface area contributed by atoms with Crippen LogP contribution in [-0.4, -0.2) is 68.6 Å². The van der Waals surface area contributed by atoms with E-state index in [1.54, 1.807) is 13.0 Å². The second-order valence-electron chi connectivity index (χ2n) is 6.87. The lowest BCUT2D eigenvalue weighted by Crippen LogP contribution is -2.40. The first-order valence-corrected chi connectivity index (χ1v) is 11.5. The van der Waals surface area contributed by atoms with Gasteiger partial charge in [-0.2, -0.15) is 4.31 Å². The van der Waals surface area contributed by atoms with Crippen molar-refractivity contribution in [2.75, 3.05) is 38.2 Å². The van der Waals surface area contributed by atoms with Crippen LogP contribution in [0.25, 0.3) is 0 Å². The fourth-order valence-electron chi connectivity index (χ4n) is 2.97. The molecule has 0 radical (unpaired) electrons. The summed E-state index contributed by atoms with van der Waals surface area (Å²) in [6.45, 7) is 4.82. The van der Waals surface area contributed by atoms with Crippen LogP contribution in [-0.2, 0) is 24.3 Å². The molecule has 11 heteroatoms. The summed E-state index contributed by atoms with van der Waals surface area (Å²) in [6.07, 6.45) is 0.384. The maximum atomic E-state index is 12.7. The molecule has 1 aliphatic heterocycles. The molecule has 32 heavy (non-hydrogen) atoms. The number of carbonyl (C=O) groups is 2. The Morgan fingerprint density at radius 1 is 1.19 bits per heavy atom. The zero-order valence-electron chi connectivity index (χ0n) is 17.8. The number of anilines is 1. The van der Waals surface area contributed by atoms with E-state index in [1.807, 2.05) is 0 Å².